The van der Waals surface area contributed by atoms with E-state index in [0.29, 0.717) is 0 Å². The zero-order valence-corrected chi connectivity index (χ0v) is 11.1. The maximum absolute atomic E-state index is 11.2. The zero-order valence-electron chi connectivity index (χ0n) is 10.3. The predicted molar refractivity (Wildman–Crippen MR) is 71.6 cm³/mol. The van der Waals surface area contributed by atoms with Gasteiger partial charge in [0.15, 0.2) is 0 Å². The largest absolute Gasteiger partial charge is 0.323 e. The van der Waals surface area contributed by atoms with Crippen LogP contribution in [0.4, 0.5) is 0 Å². The van der Waals surface area contributed by atoms with E-state index in [-0.39, 0.29) is 16.5 Å². The van der Waals surface area contributed by atoms with Crippen molar-refractivity contribution in [3.05, 3.63) is 34.2 Å². The first kappa shape index (κ1) is 12.2. The Morgan fingerprint density at radius 1 is 1.29 bits per heavy atom. The van der Waals surface area contributed by atoms with E-state index in [1.807, 2.05) is 18.2 Å². The van der Waals surface area contributed by atoms with E-state index in [0.717, 1.165) is 23.0 Å². The molecule has 4 heteroatoms. The molecule has 17 heavy (non-hydrogen) atoms. The molecule has 1 heterocycles. The molecule has 0 saturated heterocycles. The molecule has 1 aromatic carbocycles. The van der Waals surface area contributed by atoms with E-state index in [1.165, 1.54) is 0 Å². The Labute approximate surface area is 105 Å². The van der Waals surface area contributed by atoms with Crippen LogP contribution < -0.4 is 5.69 Å². The Morgan fingerprint density at radius 3 is 2.59 bits per heavy atom. The van der Waals surface area contributed by atoms with Gasteiger partial charge in [-0.15, -0.1) is 11.6 Å². The standard InChI is InChI=1S/C13H17ClN2O/c1-4-13(2,3)11(14)8-5-6-9-10(7-8)16-12(17)15-9/h5-7,11H,4H2,1-3H3,(H2,15,16,17). The second kappa shape index (κ2) is 4.22. The van der Waals surface area contributed by atoms with E-state index >= 15 is 0 Å². The van der Waals surface area contributed by atoms with Gasteiger partial charge in [-0.05, 0) is 29.5 Å². The van der Waals surface area contributed by atoms with Gasteiger partial charge in [-0.1, -0.05) is 26.8 Å². The Balaban J connectivity index is 2.45. The van der Waals surface area contributed by atoms with Crippen molar-refractivity contribution in [3.8, 4) is 0 Å². The number of aromatic amines is 2. The van der Waals surface area contributed by atoms with E-state index in [1.54, 1.807) is 0 Å². The molecule has 0 fully saturated rings. The first-order chi connectivity index (χ1) is 7.94. The number of nitrogens with one attached hydrogen (secondary N) is 2. The summed E-state index contributed by atoms with van der Waals surface area (Å²) in [6.07, 6.45) is 1.00. The fraction of sp³-hybridized carbons (Fsp3) is 0.462. The van der Waals surface area contributed by atoms with Crippen LogP contribution in [-0.2, 0) is 0 Å². The normalized spacial score (nSPS) is 14.1. The van der Waals surface area contributed by atoms with Crippen LogP contribution in [0.3, 0.4) is 0 Å². The van der Waals surface area contributed by atoms with E-state index in [4.69, 9.17) is 11.6 Å². The Hall–Kier alpha value is -1.22. The summed E-state index contributed by atoms with van der Waals surface area (Å²) in [7, 11) is 0. The topological polar surface area (TPSA) is 48.6 Å². The summed E-state index contributed by atoms with van der Waals surface area (Å²) >= 11 is 6.50. The maximum atomic E-state index is 11.2. The molecule has 0 aliphatic carbocycles. The van der Waals surface area contributed by atoms with Crippen LogP contribution in [-0.4, -0.2) is 9.97 Å². The monoisotopic (exact) mass is 252 g/mol. The molecule has 0 bridgehead atoms. The van der Waals surface area contributed by atoms with Crippen LogP contribution >= 0.6 is 11.6 Å². The van der Waals surface area contributed by atoms with Gasteiger partial charge >= 0.3 is 5.69 Å². The lowest BCUT2D eigenvalue weighted by Gasteiger charge is -2.29. The third-order valence-corrected chi connectivity index (χ3v) is 4.27. The van der Waals surface area contributed by atoms with Crippen LogP contribution in [0, 0.1) is 5.41 Å². The highest BCUT2D eigenvalue weighted by Gasteiger charge is 2.27. The molecule has 1 aromatic heterocycles. The van der Waals surface area contributed by atoms with Gasteiger partial charge in [-0.25, -0.2) is 4.79 Å². The van der Waals surface area contributed by atoms with Gasteiger partial charge in [0.2, 0.25) is 0 Å². The quantitative estimate of drug-likeness (QED) is 0.806. The molecule has 0 amide bonds. The highest BCUT2D eigenvalue weighted by atomic mass is 35.5. The molecule has 92 valence electrons. The van der Waals surface area contributed by atoms with Crippen LogP contribution in [0.1, 0.15) is 38.1 Å². The number of fused-ring (bicyclic) bond motifs is 1. The second-order valence-corrected chi connectivity index (χ2v) is 5.53. The summed E-state index contributed by atoms with van der Waals surface area (Å²) in [5.74, 6) is 0. The fourth-order valence-corrected chi connectivity index (χ4v) is 2.13. The summed E-state index contributed by atoms with van der Waals surface area (Å²) in [5, 5.41) is -0.0599. The van der Waals surface area contributed by atoms with Crippen LogP contribution in [0.2, 0.25) is 0 Å². The molecule has 1 atom stereocenters. The van der Waals surface area contributed by atoms with Crippen LogP contribution in [0.5, 0.6) is 0 Å². The summed E-state index contributed by atoms with van der Waals surface area (Å²) in [4.78, 5) is 16.7. The smallest absolute Gasteiger partial charge is 0.306 e. The average molecular weight is 253 g/mol. The van der Waals surface area contributed by atoms with E-state index < -0.39 is 0 Å². The first-order valence-electron chi connectivity index (χ1n) is 5.80. The summed E-state index contributed by atoms with van der Waals surface area (Å²) in [5.41, 5.74) is 2.52. The molecule has 0 radical (unpaired) electrons. The van der Waals surface area contributed by atoms with Crippen molar-refractivity contribution in [2.45, 2.75) is 32.6 Å². The molecule has 0 saturated carbocycles. The van der Waals surface area contributed by atoms with Crippen molar-refractivity contribution in [2.75, 3.05) is 0 Å². The lowest BCUT2D eigenvalue weighted by atomic mass is 9.83. The molecular weight excluding hydrogens is 236 g/mol. The number of H-pyrrole nitrogens is 2. The molecule has 0 aliphatic rings. The minimum absolute atomic E-state index is 0.0336. The summed E-state index contributed by atoms with van der Waals surface area (Å²) in [6, 6.07) is 5.81. The zero-order chi connectivity index (χ0) is 12.6. The molecule has 0 aliphatic heterocycles. The van der Waals surface area contributed by atoms with Gasteiger partial charge in [0.1, 0.15) is 0 Å². The van der Waals surface area contributed by atoms with Crippen molar-refractivity contribution < 1.29 is 0 Å². The molecular formula is C13H17ClN2O. The Bertz CT molecular complexity index is 582. The SMILES string of the molecule is CCC(C)(C)C(Cl)c1ccc2[nH]c(=O)[nH]c2c1. The lowest BCUT2D eigenvalue weighted by Crippen LogP contribution is -2.16. The molecule has 0 spiro atoms. The Morgan fingerprint density at radius 2 is 1.94 bits per heavy atom. The van der Waals surface area contributed by atoms with Crippen molar-refractivity contribution in [3.63, 3.8) is 0 Å². The molecule has 2 rings (SSSR count). The summed E-state index contributed by atoms with van der Waals surface area (Å²) in [6.45, 7) is 6.43. The lowest BCUT2D eigenvalue weighted by molar-refractivity contribution is 0.336. The van der Waals surface area contributed by atoms with Crippen molar-refractivity contribution in [2.24, 2.45) is 5.41 Å². The minimum Gasteiger partial charge on any atom is -0.306 e. The van der Waals surface area contributed by atoms with E-state index in [2.05, 4.69) is 30.7 Å². The van der Waals surface area contributed by atoms with Gasteiger partial charge < -0.3 is 9.97 Å². The van der Waals surface area contributed by atoms with Gasteiger partial charge in [0, 0.05) is 0 Å². The molecule has 3 nitrogen and oxygen atoms in total. The third-order valence-electron chi connectivity index (χ3n) is 3.43. The van der Waals surface area contributed by atoms with Gasteiger partial charge in [0.05, 0.1) is 16.4 Å². The molecule has 2 aromatic rings. The van der Waals surface area contributed by atoms with Crippen molar-refractivity contribution >= 4 is 22.6 Å². The highest BCUT2D eigenvalue weighted by Crippen LogP contribution is 2.41. The van der Waals surface area contributed by atoms with Gasteiger partial charge in [0.25, 0.3) is 0 Å². The summed E-state index contributed by atoms with van der Waals surface area (Å²) < 4.78 is 0. The minimum atomic E-state index is -0.182. The van der Waals surface area contributed by atoms with Gasteiger partial charge in [-0.3, -0.25) is 0 Å². The average Bonchev–Trinajstić information content (AvgIpc) is 2.66. The number of halogens is 1. The number of hydrogen-bond donors (Lipinski definition) is 2. The van der Waals surface area contributed by atoms with Crippen molar-refractivity contribution in [1.82, 2.24) is 9.97 Å². The second-order valence-electron chi connectivity index (χ2n) is 5.09. The number of hydrogen-bond acceptors (Lipinski definition) is 1. The number of alkyl halides is 1. The number of rotatable bonds is 3. The molecule has 1 unspecified atom stereocenters. The first-order valence-corrected chi connectivity index (χ1v) is 6.23. The predicted octanol–water partition coefficient (Wildman–Crippen LogP) is 3.57. The number of imidazole rings is 1. The van der Waals surface area contributed by atoms with Crippen molar-refractivity contribution in [1.29, 1.82) is 0 Å². The maximum Gasteiger partial charge on any atom is 0.323 e. The fourth-order valence-electron chi connectivity index (χ4n) is 1.84. The number of benzene rings is 1. The van der Waals surface area contributed by atoms with Crippen LogP contribution in [0.15, 0.2) is 23.0 Å². The van der Waals surface area contributed by atoms with E-state index in [9.17, 15) is 4.79 Å². The third kappa shape index (κ3) is 2.25. The molecule has 2 N–H and O–H groups in total. The van der Waals surface area contributed by atoms with Gasteiger partial charge in [-0.2, -0.15) is 0 Å². The number of aromatic nitrogens is 2. The Kier molecular flexibility index (Phi) is 3.04. The highest BCUT2D eigenvalue weighted by molar-refractivity contribution is 6.21. The van der Waals surface area contributed by atoms with Crippen LogP contribution in [0.25, 0.3) is 11.0 Å².